The zero-order valence-corrected chi connectivity index (χ0v) is 16.4. The lowest BCUT2D eigenvalue weighted by atomic mass is 9.90. The predicted octanol–water partition coefficient (Wildman–Crippen LogP) is 3.15. The van der Waals surface area contributed by atoms with Gasteiger partial charge in [0, 0.05) is 36.3 Å². The van der Waals surface area contributed by atoms with Gasteiger partial charge >= 0.3 is 0 Å². The van der Waals surface area contributed by atoms with Crippen molar-refractivity contribution >= 4 is 21.6 Å². The molecule has 0 saturated heterocycles. The van der Waals surface area contributed by atoms with E-state index in [1.165, 1.54) is 45.0 Å². The molecule has 0 spiro atoms. The summed E-state index contributed by atoms with van der Waals surface area (Å²) >= 11 is 0. The SMILES string of the molecule is C[C@@H](SSCc1nccn1C)[C@](O)(Cn1cncn1)c1ccc(F)cc1F. The fraction of sp³-hybridized carbons (Fsp3) is 0.353. The van der Waals surface area contributed by atoms with E-state index in [-0.39, 0.29) is 12.1 Å². The summed E-state index contributed by atoms with van der Waals surface area (Å²) in [5, 5.41) is 15.0. The van der Waals surface area contributed by atoms with Crippen molar-refractivity contribution in [2.75, 3.05) is 0 Å². The first kappa shape index (κ1) is 19.8. The van der Waals surface area contributed by atoms with E-state index in [1.807, 2.05) is 17.8 Å². The van der Waals surface area contributed by atoms with E-state index in [0.717, 1.165) is 18.0 Å². The standard InChI is InChI=1S/C17H19F2N5OS2/c1-12(27-26-8-16-21-5-6-23(16)2)17(25,9-24-11-20-10-22-24)14-4-3-13(18)7-15(14)19/h3-7,10-12,25H,8-9H2,1-2H3/t12-,17-/m1/s1. The molecule has 2 atom stereocenters. The molecular weight excluding hydrogens is 392 g/mol. The van der Waals surface area contributed by atoms with Crippen LogP contribution in [0.15, 0.2) is 43.2 Å². The van der Waals surface area contributed by atoms with Crippen LogP contribution >= 0.6 is 21.6 Å². The minimum atomic E-state index is -1.61. The fourth-order valence-corrected chi connectivity index (χ4v) is 5.27. The highest BCUT2D eigenvalue weighted by molar-refractivity contribution is 8.76. The highest BCUT2D eigenvalue weighted by atomic mass is 33.1. The molecule has 3 rings (SSSR count). The van der Waals surface area contributed by atoms with Crippen molar-refractivity contribution in [1.29, 1.82) is 0 Å². The fourth-order valence-electron chi connectivity index (χ4n) is 2.64. The number of hydrogen-bond donors (Lipinski definition) is 1. The molecule has 2 aromatic heterocycles. The molecule has 3 aromatic rings. The van der Waals surface area contributed by atoms with Gasteiger partial charge < -0.3 is 9.67 Å². The molecule has 1 aromatic carbocycles. The minimum absolute atomic E-state index is 0.00726. The second kappa shape index (κ2) is 8.41. The van der Waals surface area contributed by atoms with Crippen LogP contribution in [0.4, 0.5) is 8.78 Å². The first-order valence-corrected chi connectivity index (χ1v) is 10.5. The smallest absolute Gasteiger partial charge is 0.137 e. The maximum atomic E-state index is 14.5. The number of imidazole rings is 1. The number of aromatic nitrogens is 5. The van der Waals surface area contributed by atoms with Gasteiger partial charge in [-0.3, -0.25) is 0 Å². The Morgan fingerprint density at radius 3 is 2.78 bits per heavy atom. The van der Waals surface area contributed by atoms with Gasteiger partial charge in [0.15, 0.2) is 0 Å². The number of rotatable bonds is 8. The van der Waals surface area contributed by atoms with Crippen LogP contribution in [-0.2, 0) is 24.9 Å². The molecule has 0 bridgehead atoms. The highest BCUT2D eigenvalue weighted by Crippen LogP contribution is 2.41. The van der Waals surface area contributed by atoms with E-state index >= 15 is 0 Å². The van der Waals surface area contributed by atoms with Gasteiger partial charge in [0.25, 0.3) is 0 Å². The van der Waals surface area contributed by atoms with Gasteiger partial charge in [-0.2, -0.15) is 5.10 Å². The molecule has 144 valence electrons. The number of hydrogen-bond acceptors (Lipinski definition) is 6. The van der Waals surface area contributed by atoms with Crippen LogP contribution < -0.4 is 0 Å². The van der Waals surface area contributed by atoms with Crippen LogP contribution in [0, 0.1) is 11.6 Å². The van der Waals surface area contributed by atoms with Crippen LogP contribution in [0.3, 0.4) is 0 Å². The lowest BCUT2D eigenvalue weighted by Crippen LogP contribution is -2.41. The second-order valence-corrected chi connectivity index (χ2v) is 8.80. The number of aryl methyl sites for hydroxylation is 1. The van der Waals surface area contributed by atoms with Crippen molar-refractivity contribution in [1.82, 2.24) is 24.3 Å². The van der Waals surface area contributed by atoms with Gasteiger partial charge in [0.2, 0.25) is 0 Å². The van der Waals surface area contributed by atoms with Crippen molar-refractivity contribution in [3.8, 4) is 0 Å². The van der Waals surface area contributed by atoms with Gasteiger partial charge in [-0.05, 0) is 13.0 Å². The summed E-state index contributed by atoms with van der Waals surface area (Å²) in [7, 11) is 4.83. The third kappa shape index (κ3) is 4.50. The van der Waals surface area contributed by atoms with Crippen LogP contribution in [0.25, 0.3) is 0 Å². The van der Waals surface area contributed by atoms with Gasteiger partial charge in [-0.1, -0.05) is 27.7 Å². The van der Waals surface area contributed by atoms with Crippen LogP contribution in [0.5, 0.6) is 0 Å². The Bertz CT molecular complexity index is 889. The largest absolute Gasteiger partial charge is 0.382 e. The molecule has 0 unspecified atom stereocenters. The van der Waals surface area contributed by atoms with E-state index in [9.17, 15) is 13.9 Å². The average Bonchev–Trinajstić information content (AvgIpc) is 3.26. The Kier molecular flexibility index (Phi) is 6.18. The van der Waals surface area contributed by atoms with Crippen molar-refractivity contribution in [3.63, 3.8) is 0 Å². The predicted molar refractivity (Wildman–Crippen MR) is 102 cm³/mol. The molecule has 0 fully saturated rings. The van der Waals surface area contributed by atoms with Crippen molar-refractivity contribution < 1.29 is 13.9 Å². The molecule has 0 amide bonds. The van der Waals surface area contributed by atoms with Gasteiger partial charge in [-0.25, -0.2) is 23.4 Å². The van der Waals surface area contributed by atoms with Crippen molar-refractivity contribution in [2.24, 2.45) is 7.05 Å². The topological polar surface area (TPSA) is 68.8 Å². The molecule has 0 saturated carbocycles. The monoisotopic (exact) mass is 411 g/mol. The summed E-state index contributed by atoms with van der Waals surface area (Å²) in [5.41, 5.74) is -1.58. The molecule has 0 aliphatic carbocycles. The summed E-state index contributed by atoms with van der Waals surface area (Å²) in [6.07, 6.45) is 6.37. The molecule has 0 aliphatic rings. The lowest BCUT2D eigenvalue weighted by molar-refractivity contribution is 0.0137. The third-order valence-electron chi connectivity index (χ3n) is 4.26. The Morgan fingerprint density at radius 1 is 1.33 bits per heavy atom. The minimum Gasteiger partial charge on any atom is -0.382 e. The molecular formula is C17H19F2N5OS2. The molecule has 1 N–H and O–H groups in total. The molecule has 10 heteroatoms. The third-order valence-corrected chi connectivity index (χ3v) is 7.08. The summed E-state index contributed by atoms with van der Waals surface area (Å²) in [6.45, 7) is 1.79. The Labute approximate surface area is 163 Å². The summed E-state index contributed by atoms with van der Waals surface area (Å²) in [4.78, 5) is 8.13. The quantitative estimate of drug-likeness (QED) is 0.575. The zero-order valence-electron chi connectivity index (χ0n) is 14.8. The summed E-state index contributed by atoms with van der Waals surface area (Å²) < 4.78 is 31.2. The van der Waals surface area contributed by atoms with E-state index < -0.39 is 22.5 Å². The number of halogens is 2. The van der Waals surface area contributed by atoms with Crippen molar-refractivity contribution in [2.45, 2.75) is 30.1 Å². The summed E-state index contributed by atoms with van der Waals surface area (Å²) in [6, 6.07) is 3.20. The lowest BCUT2D eigenvalue weighted by Gasteiger charge is -2.34. The first-order valence-electron chi connectivity index (χ1n) is 8.15. The van der Waals surface area contributed by atoms with Crippen LogP contribution in [-0.4, -0.2) is 34.7 Å². The van der Waals surface area contributed by atoms with E-state index in [1.54, 1.807) is 13.1 Å². The number of benzene rings is 1. The van der Waals surface area contributed by atoms with E-state index in [2.05, 4.69) is 15.1 Å². The second-order valence-electron chi connectivity index (χ2n) is 6.10. The molecule has 27 heavy (non-hydrogen) atoms. The number of aliphatic hydroxyl groups is 1. The highest BCUT2D eigenvalue weighted by Gasteiger charge is 2.39. The van der Waals surface area contributed by atoms with E-state index in [4.69, 9.17) is 0 Å². The maximum absolute atomic E-state index is 14.5. The molecule has 0 radical (unpaired) electrons. The van der Waals surface area contributed by atoms with Crippen LogP contribution in [0.2, 0.25) is 0 Å². The van der Waals surface area contributed by atoms with Gasteiger partial charge in [0.05, 0.1) is 12.3 Å². The van der Waals surface area contributed by atoms with Gasteiger partial charge in [-0.15, -0.1) is 0 Å². The number of nitrogens with zero attached hydrogens (tertiary/aromatic N) is 5. The zero-order chi connectivity index (χ0) is 19.4. The average molecular weight is 412 g/mol. The van der Waals surface area contributed by atoms with Crippen molar-refractivity contribution in [3.05, 3.63) is 66.3 Å². The first-order chi connectivity index (χ1) is 12.9. The van der Waals surface area contributed by atoms with Gasteiger partial charge in [0.1, 0.15) is 35.7 Å². The Hall–Kier alpha value is -1.91. The maximum Gasteiger partial charge on any atom is 0.137 e. The van der Waals surface area contributed by atoms with Crippen LogP contribution in [0.1, 0.15) is 18.3 Å². The Morgan fingerprint density at radius 2 is 2.15 bits per heavy atom. The van der Waals surface area contributed by atoms with E-state index in [0.29, 0.717) is 5.75 Å². The normalized spacial score (nSPS) is 14.9. The summed E-state index contributed by atoms with van der Waals surface area (Å²) in [5.74, 6) is 0.0412. The molecule has 0 aliphatic heterocycles. The molecule has 6 nitrogen and oxygen atoms in total. The molecule has 2 heterocycles. The Balaban J connectivity index is 1.81.